The molecule has 0 atom stereocenters. The number of methoxy groups -OCH3 is 1. The molecule has 5 nitrogen and oxygen atoms in total. The van der Waals surface area contributed by atoms with E-state index in [4.69, 9.17) is 10.5 Å². The number of carbonyl (C=O) groups excluding carboxylic acids is 1. The van der Waals surface area contributed by atoms with Gasteiger partial charge in [-0.3, -0.25) is 4.79 Å². The van der Waals surface area contributed by atoms with Crippen molar-refractivity contribution in [2.24, 2.45) is 5.73 Å². The molecule has 64 valence electrons. The molecule has 1 heterocycles. The van der Waals surface area contributed by atoms with Crippen LogP contribution in [0.5, 0.6) is 5.75 Å². The second kappa shape index (κ2) is 3.08. The first-order chi connectivity index (χ1) is 5.66. The molecule has 5 heteroatoms. The highest BCUT2D eigenvalue weighted by atomic mass is 16.5. The molecule has 2 N–H and O–H groups in total. The van der Waals surface area contributed by atoms with Crippen molar-refractivity contribution < 1.29 is 14.3 Å². The summed E-state index contributed by atoms with van der Waals surface area (Å²) in [5.74, 6) is -0.623. The highest BCUT2D eigenvalue weighted by molar-refractivity contribution is 5.91. The van der Waals surface area contributed by atoms with Gasteiger partial charge < -0.3 is 15.7 Å². The van der Waals surface area contributed by atoms with Gasteiger partial charge in [0.05, 0.1) is 7.11 Å². The lowest BCUT2D eigenvalue weighted by Crippen LogP contribution is -2.37. The fourth-order valence-electron chi connectivity index (χ4n) is 0.865. The molecule has 1 amide bonds. The molecule has 0 saturated heterocycles. The van der Waals surface area contributed by atoms with Crippen LogP contribution in [0, 0.1) is 5.21 Å². The quantitative estimate of drug-likeness (QED) is 0.474. The lowest BCUT2D eigenvalue weighted by Gasteiger charge is -2.04. The molecule has 0 aromatic carbocycles. The average molecular weight is 168 g/mol. The van der Waals surface area contributed by atoms with Gasteiger partial charge in [0.25, 0.3) is 0 Å². The zero-order chi connectivity index (χ0) is 9.14. The Labute approximate surface area is 69.0 Å². The van der Waals surface area contributed by atoms with Crippen LogP contribution < -0.4 is 15.2 Å². The molecule has 0 bridgehead atoms. The van der Waals surface area contributed by atoms with Crippen molar-refractivity contribution in [2.75, 3.05) is 7.11 Å². The molecule has 0 aliphatic carbocycles. The van der Waals surface area contributed by atoms with E-state index in [1.165, 1.54) is 25.4 Å². The Morgan fingerprint density at radius 3 is 2.83 bits per heavy atom. The summed E-state index contributed by atoms with van der Waals surface area (Å²) in [6, 6.07) is 2.97. The predicted molar refractivity (Wildman–Crippen MR) is 40.5 cm³/mol. The number of aromatic nitrogens is 1. The number of hydrogen-bond donors (Lipinski definition) is 1. The number of carbonyl (C=O) groups is 1. The summed E-state index contributed by atoms with van der Waals surface area (Å²) in [7, 11) is 1.36. The van der Waals surface area contributed by atoms with Crippen LogP contribution in [0.25, 0.3) is 0 Å². The van der Waals surface area contributed by atoms with Crippen LogP contribution in [0.3, 0.4) is 0 Å². The zero-order valence-corrected chi connectivity index (χ0v) is 6.48. The minimum atomic E-state index is -0.803. The summed E-state index contributed by atoms with van der Waals surface area (Å²) in [5, 5.41) is 11.0. The molecule has 0 radical (unpaired) electrons. The van der Waals surface area contributed by atoms with Gasteiger partial charge in [-0.05, 0) is 6.07 Å². The van der Waals surface area contributed by atoms with Gasteiger partial charge in [0.1, 0.15) is 0 Å². The van der Waals surface area contributed by atoms with Crippen LogP contribution in [0.15, 0.2) is 18.3 Å². The van der Waals surface area contributed by atoms with Gasteiger partial charge in [-0.1, -0.05) is 0 Å². The van der Waals surface area contributed by atoms with E-state index in [0.29, 0.717) is 4.73 Å². The number of hydrogen-bond acceptors (Lipinski definition) is 3. The lowest BCUT2D eigenvalue weighted by molar-refractivity contribution is -0.608. The van der Waals surface area contributed by atoms with Crippen molar-refractivity contribution in [3.63, 3.8) is 0 Å². The van der Waals surface area contributed by atoms with Crippen molar-refractivity contribution in [1.82, 2.24) is 0 Å². The van der Waals surface area contributed by atoms with E-state index in [1.54, 1.807) is 0 Å². The number of pyridine rings is 1. The molecule has 1 rings (SSSR count). The fraction of sp³-hybridized carbons (Fsp3) is 0.143. The summed E-state index contributed by atoms with van der Waals surface area (Å²) < 4.78 is 5.14. The summed E-state index contributed by atoms with van der Waals surface area (Å²) >= 11 is 0. The van der Waals surface area contributed by atoms with E-state index in [1.807, 2.05) is 0 Å². The molecular weight excluding hydrogens is 160 g/mol. The molecule has 0 spiro atoms. The standard InChI is InChI=1S/C7H8N2O3/c1-12-5-3-2-4-9(11)6(5)7(8)10/h2-4H,1H3,(H2,8,10). The Morgan fingerprint density at radius 2 is 2.42 bits per heavy atom. The highest BCUT2D eigenvalue weighted by Gasteiger charge is 2.18. The zero-order valence-electron chi connectivity index (χ0n) is 6.48. The topological polar surface area (TPSA) is 79.3 Å². The first-order valence-electron chi connectivity index (χ1n) is 3.22. The molecule has 1 aromatic heterocycles. The first kappa shape index (κ1) is 8.32. The van der Waals surface area contributed by atoms with Crippen LogP contribution in [-0.4, -0.2) is 13.0 Å². The summed E-state index contributed by atoms with van der Waals surface area (Å²) in [6.07, 6.45) is 1.18. The number of amides is 1. The van der Waals surface area contributed by atoms with Crippen LogP contribution in [0.2, 0.25) is 0 Å². The van der Waals surface area contributed by atoms with E-state index < -0.39 is 5.91 Å². The van der Waals surface area contributed by atoms with Gasteiger partial charge in [-0.2, -0.15) is 4.73 Å². The number of primary amides is 1. The van der Waals surface area contributed by atoms with Crippen molar-refractivity contribution in [2.45, 2.75) is 0 Å². The van der Waals surface area contributed by atoms with Gasteiger partial charge in [0, 0.05) is 6.07 Å². The van der Waals surface area contributed by atoms with Crippen molar-refractivity contribution in [1.29, 1.82) is 0 Å². The van der Waals surface area contributed by atoms with Crippen LogP contribution >= 0.6 is 0 Å². The first-order valence-corrected chi connectivity index (χ1v) is 3.22. The number of nitrogens with zero attached hydrogens (tertiary/aromatic N) is 1. The summed E-state index contributed by atoms with van der Waals surface area (Å²) in [4.78, 5) is 10.7. The van der Waals surface area contributed by atoms with Gasteiger partial charge in [-0.25, -0.2) is 0 Å². The Hall–Kier alpha value is -1.78. The maximum absolute atomic E-state index is 11.0. The molecule has 0 aliphatic heterocycles. The lowest BCUT2D eigenvalue weighted by atomic mass is 10.3. The van der Waals surface area contributed by atoms with Crippen molar-refractivity contribution >= 4 is 5.91 Å². The fourth-order valence-corrected chi connectivity index (χ4v) is 0.865. The number of ether oxygens (including phenoxy) is 1. The van der Waals surface area contributed by atoms with Crippen LogP contribution in [0.1, 0.15) is 10.5 Å². The van der Waals surface area contributed by atoms with Crippen molar-refractivity contribution in [3.05, 3.63) is 29.2 Å². The summed E-state index contributed by atoms with van der Waals surface area (Å²) in [6.45, 7) is 0. The largest absolute Gasteiger partial charge is 0.618 e. The van der Waals surface area contributed by atoms with Gasteiger partial charge in [-0.15, -0.1) is 0 Å². The minimum Gasteiger partial charge on any atom is -0.618 e. The number of nitrogens with two attached hydrogens (primary N) is 1. The third-order valence-electron chi connectivity index (χ3n) is 1.38. The average Bonchev–Trinajstić information content (AvgIpc) is 2.03. The van der Waals surface area contributed by atoms with Crippen LogP contribution in [-0.2, 0) is 0 Å². The van der Waals surface area contributed by atoms with Gasteiger partial charge in [0.15, 0.2) is 11.9 Å². The maximum Gasteiger partial charge on any atom is 0.323 e. The Bertz CT molecular complexity index is 312. The highest BCUT2D eigenvalue weighted by Crippen LogP contribution is 2.11. The Kier molecular flexibility index (Phi) is 2.14. The van der Waals surface area contributed by atoms with Gasteiger partial charge in [0.2, 0.25) is 0 Å². The third-order valence-corrected chi connectivity index (χ3v) is 1.38. The van der Waals surface area contributed by atoms with E-state index in [0.717, 1.165) is 0 Å². The maximum atomic E-state index is 11.0. The Morgan fingerprint density at radius 1 is 1.75 bits per heavy atom. The van der Waals surface area contributed by atoms with Crippen LogP contribution in [0.4, 0.5) is 0 Å². The van der Waals surface area contributed by atoms with E-state index >= 15 is 0 Å². The molecule has 0 unspecified atom stereocenters. The SMILES string of the molecule is COc1ccc[n+]([O-])c1C(N)=O. The minimum absolute atomic E-state index is 0.181. The molecule has 12 heavy (non-hydrogen) atoms. The summed E-state index contributed by atoms with van der Waals surface area (Å²) in [5.41, 5.74) is 4.77. The van der Waals surface area contributed by atoms with Crippen molar-refractivity contribution in [3.8, 4) is 5.75 Å². The van der Waals surface area contributed by atoms with E-state index in [9.17, 15) is 10.0 Å². The monoisotopic (exact) mass is 168 g/mol. The van der Waals surface area contributed by atoms with E-state index in [-0.39, 0.29) is 11.4 Å². The molecule has 1 aromatic rings. The van der Waals surface area contributed by atoms with Gasteiger partial charge >= 0.3 is 11.6 Å². The molecular formula is C7H8N2O3. The van der Waals surface area contributed by atoms with E-state index in [2.05, 4.69) is 0 Å². The molecule has 0 aliphatic rings. The predicted octanol–water partition coefficient (Wildman–Crippen LogP) is -0.573. The third kappa shape index (κ3) is 1.29. The second-order valence-electron chi connectivity index (χ2n) is 2.12. The Balaban J connectivity index is 3.29. The normalized spacial score (nSPS) is 9.42. The number of rotatable bonds is 2. The second-order valence-corrected chi connectivity index (χ2v) is 2.12. The molecule has 0 saturated carbocycles. The smallest absolute Gasteiger partial charge is 0.323 e. The molecule has 0 fully saturated rings.